The maximum Gasteiger partial charge on any atom is 0.203 e. The number of nitrogens with one attached hydrogen (secondary N) is 1. The number of hydrogen-bond donors (Lipinski definition) is 1. The van der Waals surface area contributed by atoms with Gasteiger partial charge in [0.05, 0.1) is 35.2 Å². The van der Waals surface area contributed by atoms with E-state index in [1.807, 2.05) is 54.2 Å². The number of aryl methyl sites for hydroxylation is 1. The lowest BCUT2D eigenvalue weighted by Crippen LogP contribution is -2.14. The Labute approximate surface area is 168 Å². The molecule has 4 rings (SSSR count). The first-order chi connectivity index (χ1) is 13.4. The van der Waals surface area contributed by atoms with E-state index >= 15 is 0 Å². The van der Waals surface area contributed by atoms with Gasteiger partial charge in [-0.3, -0.25) is 10.1 Å². The van der Waals surface area contributed by atoms with Crippen molar-refractivity contribution in [2.75, 3.05) is 16.9 Å². The molecule has 0 unspecified atom stereocenters. The van der Waals surface area contributed by atoms with E-state index in [1.165, 1.54) is 11.3 Å². The number of hydrazone groups is 1. The first-order valence-corrected chi connectivity index (χ1v) is 11.7. The Morgan fingerprint density at radius 2 is 2.07 bits per heavy atom. The third-order valence-electron chi connectivity index (χ3n) is 4.86. The van der Waals surface area contributed by atoms with E-state index in [9.17, 15) is 8.42 Å². The van der Waals surface area contributed by atoms with Gasteiger partial charge in [-0.1, -0.05) is 30.3 Å². The van der Waals surface area contributed by atoms with Crippen LogP contribution in [0.25, 0.3) is 11.3 Å². The number of rotatable bonds is 5. The minimum Gasteiger partial charge on any atom is -0.265 e. The molecule has 28 heavy (non-hydrogen) atoms. The van der Waals surface area contributed by atoms with Gasteiger partial charge in [0.25, 0.3) is 0 Å². The molecule has 1 aromatic carbocycles. The van der Waals surface area contributed by atoms with Gasteiger partial charge in [-0.15, -0.1) is 11.3 Å². The highest BCUT2D eigenvalue weighted by molar-refractivity contribution is 7.91. The summed E-state index contributed by atoms with van der Waals surface area (Å²) in [5, 5.41) is 11.6. The van der Waals surface area contributed by atoms with Crippen molar-refractivity contribution in [2.24, 2.45) is 5.10 Å². The standard InChI is InChI=1S/C19H21N5O2S2/c1-13-17(14(2)24(23-13)16-8-9-28(25,26)12-16)10-20-22-19-21-18(11-27-19)15-6-4-3-5-7-15/h3-7,10-11,16H,8-9,12H2,1-2H3,(H,21,22)/b20-10-/t16-/m1/s1. The molecule has 146 valence electrons. The van der Waals surface area contributed by atoms with Gasteiger partial charge in [0, 0.05) is 22.2 Å². The van der Waals surface area contributed by atoms with Crippen molar-refractivity contribution >= 4 is 32.5 Å². The zero-order valence-electron chi connectivity index (χ0n) is 15.7. The number of benzene rings is 1. The molecule has 0 spiro atoms. The summed E-state index contributed by atoms with van der Waals surface area (Å²) in [6.07, 6.45) is 2.34. The molecule has 3 heterocycles. The molecule has 7 nitrogen and oxygen atoms in total. The van der Waals surface area contributed by atoms with Gasteiger partial charge in [0.15, 0.2) is 9.84 Å². The minimum absolute atomic E-state index is 0.0915. The average Bonchev–Trinajstić information content (AvgIpc) is 3.36. The molecule has 0 amide bonds. The Hall–Kier alpha value is -2.52. The van der Waals surface area contributed by atoms with Crippen LogP contribution in [-0.2, 0) is 9.84 Å². The van der Waals surface area contributed by atoms with Crippen LogP contribution in [-0.4, -0.2) is 40.9 Å². The topological polar surface area (TPSA) is 89.2 Å². The number of anilines is 1. The summed E-state index contributed by atoms with van der Waals surface area (Å²) in [4.78, 5) is 4.55. The maximum atomic E-state index is 11.8. The lowest BCUT2D eigenvalue weighted by atomic mass is 10.2. The van der Waals surface area contributed by atoms with Gasteiger partial charge >= 0.3 is 0 Å². The minimum atomic E-state index is -2.95. The third-order valence-corrected chi connectivity index (χ3v) is 7.36. The molecule has 1 fully saturated rings. The van der Waals surface area contributed by atoms with E-state index in [4.69, 9.17) is 0 Å². The maximum absolute atomic E-state index is 11.8. The summed E-state index contributed by atoms with van der Waals surface area (Å²) in [7, 11) is -2.95. The van der Waals surface area contributed by atoms with E-state index in [-0.39, 0.29) is 17.5 Å². The lowest BCUT2D eigenvalue weighted by molar-refractivity contribution is 0.486. The third kappa shape index (κ3) is 3.85. The second-order valence-corrected chi connectivity index (χ2v) is 9.95. The number of hydrogen-bond acceptors (Lipinski definition) is 7. The van der Waals surface area contributed by atoms with Crippen LogP contribution in [0.4, 0.5) is 5.13 Å². The Morgan fingerprint density at radius 3 is 2.79 bits per heavy atom. The molecule has 0 aliphatic carbocycles. The first kappa shape index (κ1) is 18.8. The Morgan fingerprint density at radius 1 is 1.29 bits per heavy atom. The zero-order chi connectivity index (χ0) is 19.7. The fraction of sp³-hybridized carbons (Fsp3) is 0.316. The van der Waals surface area contributed by atoms with Crippen LogP contribution < -0.4 is 5.43 Å². The summed E-state index contributed by atoms with van der Waals surface area (Å²) in [5.74, 6) is 0.389. The molecule has 2 aromatic heterocycles. The summed E-state index contributed by atoms with van der Waals surface area (Å²) in [6, 6.07) is 9.90. The van der Waals surface area contributed by atoms with E-state index in [0.29, 0.717) is 11.6 Å². The van der Waals surface area contributed by atoms with Crippen molar-refractivity contribution in [3.8, 4) is 11.3 Å². The zero-order valence-corrected chi connectivity index (χ0v) is 17.3. The highest BCUT2D eigenvalue weighted by Crippen LogP contribution is 2.27. The first-order valence-electron chi connectivity index (χ1n) is 8.99. The molecule has 0 radical (unpaired) electrons. The largest absolute Gasteiger partial charge is 0.265 e. The smallest absolute Gasteiger partial charge is 0.203 e. The molecule has 1 saturated heterocycles. The van der Waals surface area contributed by atoms with Crippen LogP contribution in [0.2, 0.25) is 0 Å². The predicted molar refractivity (Wildman–Crippen MR) is 113 cm³/mol. The fourth-order valence-electron chi connectivity index (χ4n) is 3.40. The van der Waals surface area contributed by atoms with Gasteiger partial charge in [-0.05, 0) is 20.3 Å². The second kappa shape index (κ2) is 7.48. The fourth-order valence-corrected chi connectivity index (χ4v) is 5.77. The van der Waals surface area contributed by atoms with Gasteiger partial charge in [-0.25, -0.2) is 13.4 Å². The number of sulfone groups is 1. The molecule has 1 aliphatic rings. The lowest BCUT2D eigenvalue weighted by Gasteiger charge is -2.10. The summed E-state index contributed by atoms with van der Waals surface area (Å²) in [5.41, 5.74) is 7.60. The van der Waals surface area contributed by atoms with Crippen LogP contribution in [0.5, 0.6) is 0 Å². The van der Waals surface area contributed by atoms with Gasteiger partial charge in [0.2, 0.25) is 5.13 Å². The van der Waals surface area contributed by atoms with Gasteiger partial charge in [-0.2, -0.15) is 10.2 Å². The highest BCUT2D eigenvalue weighted by Gasteiger charge is 2.31. The van der Waals surface area contributed by atoms with E-state index < -0.39 is 9.84 Å². The number of nitrogens with zero attached hydrogens (tertiary/aromatic N) is 4. The summed E-state index contributed by atoms with van der Waals surface area (Å²) >= 11 is 1.49. The van der Waals surface area contributed by atoms with E-state index in [1.54, 1.807) is 6.21 Å². The van der Waals surface area contributed by atoms with Gasteiger partial charge in [0.1, 0.15) is 0 Å². The molecule has 3 aromatic rings. The number of aromatic nitrogens is 3. The quantitative estimate of drug-likeness (QED) is 0.509. The van der Waals surface area contributed by atoms with Crippen LogP contribution in [0.1, 0.15) is 29.4 Å². The van der Waals surface area contributed by atoms with Crippen molar-refractivity contribution in [1.29, 1.82) is 0 Å². The van der Waals surface area contributed by atoms with Crippen LogP contribution in [0, 0.1) is 13.8 Å². The molecule has 9 heteroatoms. The second-order valence-electron chi connectivity index (χ2n) is 6.86. The Balaban J connectivity index is 1.48. The van der Waals surface area contributed by atoms with E-state index in [2.05, 4.69) is 20.6 Å². The number of thiazole rings is 1. The molecular weight excluding hydrogens is 394 g/mol. The average molecular weight is 416 g/mol. The van der Waals surface area contributed by atoms with Crippen LogP contribution >= 0.6 is 11.3 Å². The SMILES string of the molecule is Cc1nn([C@@H]2CCS(=O)(=O)C2)c(C)c1/C=N\Nc1nc(-c2ccccc2)cs1. The van der Waals surface area contributed by atoms with Crippen molar-refractivity contribution < 1.29 is 8.42 Å². The molecule has 1 aliphatic heterocycles. The van der Waals surface area contributed by atoms with E-state index in [0.717, 1.165) is 28.2 Å². The molecular formula is C19H21N5O2S2. The van der Waals surface area contributed by atoms with Gasteiger partial charge < -0.3 is 0 Å². The van der Waals surface area contributed by atoms with Crippen molar-refractivity contribution in [3.63, 3.8) is 0 Å². The molecule has 1 N–H and O–H groups in total. The highest BCUT2D eigenvalue weighted by atomic mass is 32.2. The molecule has 0 saturated carbocycles. The van der Waals surface area contributed by atoms with Crippen molar-refractivity contribution in [2.45, 2.75) is 26.3 Å². The summed E-state index contributed by atoms with van der Waals surface area (Å²) < 4.78 is 25.4. The monoisotopic (exact) mass is 415 g/mol. The molecule has 1 atom stereocenters. The summed E-state index contributed by atoms with van der Waals surface area (Å²) in [6.45, 7) is 3.86. The predicted octanol–water partition coefficient (Wildman–Crippen LogP) is 3.43. The van der Waals surface area contributed by atoms with Crippen molar-refractivity contribution in [1.82, 2.24) is 14.8 Å². The molecule has 0 bridgehead atoms. The van der Waals surface area contributed by atoms with Crippen LogP contribution in [0.3, 0.4) is 0 Å². The Bertz CT molecular complexity index is 1120. The van der Waals surface area contributed by atoms with Crippen LogP contribution in [0.15, 0.2) is 40.8 Å². The van der Waals surface area contributed by atoms with Crippen molar-refractivity contribution in [3.05, 3.63) is 52.7 Å². The normalized spacial score (nSPS) is 18.7. The Kier molecular flexibility index (Phi) is 5.03.